The predicted octanol–water partition coefficient (Wildman–Crippen LogP) is 0.950. The number of imidazole rings is 1. The lowest BCUT2D eigenvalue weighted by molar-refractivity contribution is 0.208. The van der Waals surface area contributed by atoms with E-state index in [1.54, 1.807) is 0 Å². The third kappa shape index (κ3) is 2.15. The molecule has 1 aromatic heterocycles. The SMILES string of the molecule is CC(C)N1CCN(c2nccn2C)CC1. The maximum atomic E-state index is 4.38. The average Bonchev–Trinajstić information content (AvgIpc) is 2.65. The molecule has 0 saturated carbocycles. The lowest BCUT2D eigenvalue weighted by atomic mass is 10.2. The van der Waals surface area contributed by atoms with E-state index in [0.717, 1.165) is 32.1 Å². The molecule has 84 valence electrons. The Labute approximate surface area is 91.5 Å². The van der Waals surface area contributed by atoms with E-state index in [0.29, 0.717) is 6.04 Å². The highest BCUT2D eigenvalue weighted by Gasteiger charge is 2.20. The minimum atomic E-state index is 0.661. The van der Waals surface area contributed by atoms with Gasteiger partial charge in [0.2, 0.25) is 5.95 Å². The molecule has 2 heterocycles. The number of hydrogen-bond acceptors (Lipinski definition) is 3. The molecule has 0 N–H and O–H groups in total. The van der Waals surface area contributed by atoms with Crippen molar-refractivity contribution in [2.24, 2.45) is 7.05 Å². The topological polar surface area (TPSA) is 24.3 Å². The zero-order chi connectivity index (χ0) is 10.8. The molecule has 0 unspecified atom stereocenters. The van der Waals surface area contributed by atoms with Crippen molar-refractivity contribution < 1.29 is 0 Å². The highest BCUT2D eigenvalue weighted by atomic mass is 15.3. The zero-order valence-electron chi connectivity index (χ0n) is 9.85. The molecule has 0 radical (unpaired) electrons. The maximum absolute atomic E-state index is 4.38. The molecule has 15 heavy (non-hydrogen) atoms. The van der Waals surface area contributed by atoms with Crippen LogP contribution in [0.25, 0.3) is 0 Å². The van der Waals surface area contributed by atoms with Gasteiger partial charge in [-0.05, 0) is 13.8 Å². The van der Waals surface area contributed by atoms with E-state index in [1.807, 2.05) is 12.4 Å². The van der Waals surface area contributed by atoms with Gasteiger partial charge in [0.1, 0.15) is 0 Å². The van der Waals surface area contributed by atoms with E-state index in [9.17, 15) is 0 Å². The summed E-state index contributed by atoms with van der Waals surface area (Å²) in [5, 5.41) is 0. The molecular formula is C11H20N4. The third-order valence-electron chi connectivity index (χ3n) is 3.12. The second-order valence-corrected chi connectivity index (χ2v) is 4.45. The molecule has 1 aromatic rings. The van der Waals surface area contributed by atoms with E-state index >= 15 is 0 Å². The molecule has 0 amide bonds. The number of aryl methyl sites for hydroxylation is 1. The first-order valence-electron chi connectivity index (χ1n) is 5.65. The Morgan fingerprint density at radius 1 is 1.20 bits per heavy atom. The van der Waals surface area contributed by atoms with Gasteiger partial charge < -0.3 is 9.47 Å². The molecule has 4 heteroatoms. The van der Waals surface area contributed by atoms with Crippen LogP contribution < -0.4 is 4.90 Å². The molecule has 4 nitrogen and oxygen atoms in total. The lowest BCUT2D eigenvalue weighted by Crippen LogP contribution is -2.49. The summed E-state index contributed by atoms with van der Waals surface area (Å²) in [6, 6.07) is 0.661. The van der Waals surface area contributed by atoms with Gasteiger partial charge in [0.05, 0.1) is 0 Å². The van der Waals surface area contributed by atoms with Crippen LogP contribution in [0.1, 0.15) is 13.8 Å². The van der Waals surface area contributed by atoms with E-state index in [4.69, 9.17) is 0 Å². The molecule has 0 spiro atoms. The van der Waals surface area contributed by atoms with Crippen LogP contribution in [0.5, 0.6) is 0 Å². The van der Waals surface area contributed by atoms with Gasteiger partial charge in [-0.15, -0.1) is 0 Å². The van der Waals surface area contributed by atoms with Crippen LogP contribution in [0, 0.1) is 0 Å². The third-order valence-corrected chi connectivity index (χ3v) is 3.12. The molecule has 0 aliphatic carbocycles. The number of rotatable bonds is 2. The fourth-order valence-corrected chi connectivity index (χ4v) is 2.10. The summed E-state index contributed by atoms with van der Waals surface area (Å²) >= 11 is 0. The molecule has 2 rings (SSSR count). The molecule has 1 saturated heterocycles. The Kier molecular flexibility index (Phi) is 2.95. The lowest BCUT2D eigenvalue weighted by Gasteiger charge is -2.37. The van der Waals surface area contributed by atoms with Crippen LogP contribution in [-0.4, -0.2) is 46.7 Å². The smallest absolute Gasteiger partial charge is 0.205 e. The highest BCUT2D eigenvalue weighted by molar-refractivity contribution is 5.31. The average molecular weight is 208 g/mol. The highest BCUT2D eigenvalue weighted by Crippen LogP contribution is 2.13. The Balaban J connectivity index is 1.97. The Morgan fingerprint density at radius 3 is 2.33 bits per heavy atom. The second kappa shape index (κ2) is 4.23. The van der Waals surface area contributed by atoms with Crippen molar-refractivity contribution in [3.63, 3.8) is 0 Å². The van der Waals surface area contributed by atoms with Crippen molar-refractivity contribution in [1.29, 1.82) is 0 Å². The Hall–Kier alpha value is -1.03. The van der Waals surface area contributed by atoms with Gasteiger partial charge in [0.25, 0.3) is 0 Å². The van der Waals surface area contributed by atoms with Gasteiger partial charge in [0, 0.05) is 51.7 Å². The first-order valence-corrected chi connectivity index (χ1v) is 5.65. The number of piperazine rings is 1. The predicted molar refractivity (Wildman–Crippen MR) is 62.1 cm³/mol. The molecule has 1 aliphatic heterocycles. The first-order chi connectivity index (χ1) is 7.18. The molecule has 1 fully saturated rings. The standard InChI is InChI=1S/C11H20N4/c1-10(2)14-6-8-15(9-7-14)11-12-4-5-13(11)3/h4-5,10H,6-9H2,1-3H3. The fourth-order valence-electron chi connectivity index (χ4n) is 2.10. The van der Waals surface area contributed by atoms with Gasteiger partial charge >= 0.3 is 0 Å². The Morgan fingerprint density at radius 2 is 1.87 bits per heavy atom. The minimum absolute atomic E-state index is 0.661. The zero-order valence-corrected chi connectivity index (χ0v) is 9.85. The quantitative estimate of drug-likeness (QED) is 0.723. The van der Waals surface area contributed by atoms with E-state index in [1.165, 1.54) is 0 Å². The van der Waals surface area contributed by atoms with Crippen LogP contribution in [0.15, 0.2) is 12.4 Å². The fraction of sp³-hybridized carbons (Fsp3) is 0.727. The minimum Gasteiger partial charge on any atom is -0.340 e. The summed E-state index contributed by atoms with van der Waals surface area (Å²) in [6.45, 7) is 8.98. The second-order valence-electron chi connectivity index (χ2n) is 4.45. The van der Waals surface area contributed by atoms with Gasteiger partial charge in [-0.2, -0.15) is 0 Å². The molecule has 1 aliphatic rings. The van der Waals surface area contributed by atoms with Crippen molar-refractivity contribution in [1.82, 2.24) is 14.5 Å². The van der Waals surface area contributed by atoms with Gasteiger partial charge in [-0.1, -0.05) is 0 Å². The molecule has 0 bridgehead atoms. The van der Waals surface area contributed by atoms with Crippen LogP contribution >= 0.6 is 0 Å². The van der Waals surface area contributed by atoms with Crippen molar-refractivity contribution >= 4 is 5.95 Å². The van der Waals surface area contributed by atoms with Crippen molar-refractivity contribution in [2.45, 2.75) is 19.9 Å². The van der Waals surface area contributed by atoms with E-state index in [2.05, 4.69) is 40.2 Å². The van der Waals surface area contributed by atoms with Gasteiger partial charge in [-0.3, -0.25) is 4.90 Å². The van der Waals surface area contributed by atoms with Crippen LogP contribution in [0.2, 0.25) is 0 Å². The summed E-state index contributed by atoms with van der Waals surface area (Å²) in [6.07, 6.45) is 3.87. The summed E-state index contributed by atoms with van der Waals surface area (Å²) in [4.78, 5) is 9.25. The van der Waals surface area contributed by atoms with Crippen molar-refractivity contribution in [2.75, 3.05) is 31.1 Å². The maximum Gasteiger partial charge on any atom is 0.205 e. The summed E-state index contributed by atoms with van der Waals surface area (Å²) in [7, 11) is 2.05. The number of nitrogens with zero attached hydrogens (tertiary/aromatic N) is 4. The van der Waals surface area contributed by atoms with Crippen LogP contribution in [0.4, 0.5) is 5.95 Å². The van der Waals surface area contributed by atoms with Crippen molar-refractivity contribution in [3.8, 4) is 0 Å². The monoisotopic (exact) mass is 208 g/mol. The largest absolute Gasteiger partial charge is 0.340 e. The van der Waals surface area contributed by atoms with Gasteiger partial charge in [0.15, 0.2) is 0 Å². The van der Waals surface area contributed by atoms with E-state index in [-0.39, 0.29) is 0 Å². The number of hydrogen-bond donors (Lipinski definition) is 0. The number of aromatic nitrogens is 2. The van der Waals surface area contributed by atoms with Crippen molar-refractivity contribution in [3.05, 3.63) is 12.4 Å². The normalized spacial score (nSPS) is 18.8. The molecular weight excluding hydrogens is 188 g/mol. The first kappa shape index (κ1) is 10.5. The molecule has 0 atom stereocenters. The molecule has 0 aromatic carbocycles. The van der Waals surface area contributed by atoms with Crippen LogP contribution in [0.3, 0.4) is 0 Å². The van der Waals surface area contributed by atoms with Crippen LogP contribution in [-0.2, 0) is 7.05 Å². The number of anilines is 1. The summed E-state index contributed by atoms with van der Waals surface area (Å²) in [5.74, 6) is 1.10. The van der Waals surface area contributed by atoms with Gasteiger partial charge in [-0.25, -0.2) is 4.98 Å². The Bertz CT molecular complexity index is 310. The summed E-state index contributed by atoms with van der Waals surface area (Å²) in [5.41, 5.74) is 0. The van der Waals surface area contributed by atoms with E-state index < -0.39 is 0 Å². The summed E-state index contributed by atoms with van der Waals surface area (Å²) < 4.78 is 2.09.